The fourth-order valence-electron chi connectivity index (χ4n) is 2.80. The Kier molecular flexibility index (Phi) is 2.86. The van der Waals surface area contributed by atoms with Gasteiger partial charge in [-0.05, 0) is 29.2 Å². The van der Waals surface area contributed by atoms with Crippen molar-refractivity contribution in [1.82, 2.24) is 0 Å². The van der Waals surface area contributed by atoms with Gasteiger partial charge >= 0.3 is 5.97 Å². The van der Waals surface area contributed by atoms with Crippen LogP contribution in [0.15, 0.2) is 42.5 Å². The Morgan fingerprint density at radius 2 is 1.84 bits per heavy atom. The van der Waals surface area contributed by atoms with Gasteiger partial charge in [-0.1, -0.05) is 48.0 Å². The first-order valence-electron chi connectivity index (χ1n) is 6.50. The van der Waals surface area contributed by atoms with Crippen LogP contribution in [0.3, 0.4) is 0 Å². The van der Waals surface area contributed by atoms with Gasteiger partial charge in [-0.25, -0.2) is 0 Å². The van der Waals surface area contributed by atoms with E-state index in [-0.39, 0.29) is 11.9 Å². The molecule has 0 radical (unpaired) electrons. The molecule has 0 amide bonds. The van der Waals surface area contributed by atoms with E-state index < -0.39 is 0 Å². The number of esters is 1. The molecule has 0 bridgehead atoms. The number of fused-ring (bicyclic) bond motifs is 3. The number of rotatable bonds is 2. The molecule has 1 unspecified atom stereocenters. The summed E-state index contributed by atoms with van der Waals surface area (Å²) in [5.74, 6) is -0.0613. The van der Waals surface area contributed by atoms with Crippen molar-refractivity contribution in [3.8, 4) is 11.1 Å². The summed E-state index contributed by atoms with van der Waals surface area (Å²) in [7, 11) is 0. The summed E-state index contributed by atoms with van der Waals surface area (Å²) in [6, 6.07) is 14.8. The van der Waals surface area contributed by atoms with E-state index in [9.17, 15) is 4.79 Å². The minimum absolute atomic E-state index is 0.163. The van der Waals surface area contributed by atoms with Crippen LogP contribution in [-0.4, -0.2) is 12.6 Å². The topological polar surface area (TPSA) is 26.3 Å². The van der Waals surface area contributed by atoms with Crippen molar-refractivity contribution >= 4 is 5.97 Å². The molecule has 0 saturated carbocycles. The number of ether oxygens (including phenoxy) is 1. The van der Waals surface area contributed by atoms with Gasteiger partial charge in [0.1, 0.15) is 6.61 Å². The van der Waals surface area contributed by atoms with Crippen molar-refractivity contribution < 1.29 is 9.53 Å². The standard InChI is InChI=1S/C17H16O2/c1-11-7-8-15-16(9-11)13-5-3-4-6-14(13)17(15)10-19-12(2)18/h3-9,17H,10H2,1-2H3. The third-order valence-corrected chi connectivity index (χ3v) is 3.66. The number of benzene rings is 2. The largest absolute Gasteiger partial charge is 0.465 e. The van der Waals surface area contributed by atoms with Gasteiger partial charge in [0.05, 0.1) is 0 Å². The number of hydrogen-bond donors (Lipinski definition) is 0. The van der Waals surface area contributed by atoms with Gasteiger partial charge in [0, 0.05) is 12.8 Å². The maximum Gasteiger partial charge on any atom is 0.302 e. The van der Waals surface area contributed by atoms with Gasteiger partial charge in [-0.2, -0.15) is 0 Å². The van der Waals surface area contributed by atoms with E-state index in [1.54, 1.807) is 0 Å². The summed E-state index contributed by atoms with van der Waals surface area (Å²) in [5.41, 5.74) is 6.30. The zero-order chi connectivity index (χ0) is 13.4. The first kappa shape index (κ1) is 12.0. The quantitative estimate of drug-likeness (QED) is 0.762. The first-order valence-corrected chi connectivity index (χ1v) is 6.50. The lowest BCUT2D eigenvalue weighted by molar-refractivity contribution is -0.141. The zero-order valence-corrected chi connectivity index (χ0v) is 11.1. The van der Waals surface area contributed by atoms with Crippen LogP contribution < -0.4 is 0 Å². The summed E-state index contributed by atoms with van der Waals surface area (Å²) in [6.45, 7) is 3.97. The predicted molar refractivity (Wildman–Crippen MR) is 75.1 cm³/mol. The Morgan fingerprint density at radius 3 is 2.63 bits per heavy atom. The summed E-state index contributed by atoms with van der Waals surface area (Å²) in [4.78, 5) is 11.1. The van der Waals surface area contributed by atoms with E-state index in [1.165, 1.54) is 34.7 Å². The molecule has 0 saturated heterocycles. The van der Waals surface area contributed by atoms with Gasteiger partial charge in [-0.3, -0.25) is 4.79 Å². The molecule has 0 N–H and O–H groups in total. The minimum atomic E-state index is -0.224. The number of carbonyl (C=O) groups is 1. The van der Waals surface area contributed by atoms with E-state index in [2.05, 4.69) is 43.3 Å². The maximum atomic E-state index is 11.1. The highest BCUT2D eigenvalue weighted by molar-refractivity contribution is 5.79. The second kappa shape index (κ2) is 4.54. The molecule has 96 valence electrons. The molecule has 0 spiro atoms. The van der Waals surface area contributed by atoms with Crippen LogP contribution in [0, 0.1) is 6.92 Å². The van der Waals surface area contributed by atoms with E-state index in [0.717, 1.165) is 0 Å². The molecule has 1 aliphatic rings. The van der Waals surface area contributed by atoms with Crippen LogP contribution in [0.1, 0.15) is 29.5 Å². The summed E-state index contributed by atoms with van der Waals surface area (Å²) in [6.07, 6.45) is 0. The third-order valence-electron chi connectivity index (χ3n) is 3.66. The van der Waals surface area contributed by atoms with Gasteiger partial charge in [0.2, 0.25) is 0 Å². The molecule has 2 aromatic rings. The molecule has 3 rings (SSSR count). The number of aryl methyl sites for hydroxylation is 1. The zero-order valence-electron chi connectivity index (χ0n) is 11.1. The van der Waals surface area contributed by atoms with E-state index in [1.807, 2.05) is 6.07 Å². The summed E-state index contributed by atoms with van der Waals surface area (Å²) in [5, 5.41) is 0. The van der Waals surface area contributed by atoms with Crippen molar-refractivity contribution in [2.75, 3.05) is 6.61 Å². The SMILES string of the molecule is CC(=O)OCC1c2ccccc2-c2cc(C)ccc21. The molecule has 1 aliphatic carbocycles. The highest BCUT2D eigenvalue weighted by Gasteiger charge is 2.28. The Morgan fingerprint density at radius 1 is 1.11 bits per heavy atom. The number of carbonyl (C=O) groups excluding carboxylic acids is 1. The average molecular weight is 252 g/mol. The second-order valence-electron chi connectivity index (χ2n) is 5.03. The smallest absolute Gasteiger partial charge is 0.302 e. The Labute approximate surface area is 113 Å². The number of hydrogen-bond acceptors (Lipinski definition) is 2. The van der Waals surface area contributed by atoms with Crippen LogP contribution in [0.2, 0.25) is 0 Å². The molecular weight excluding hydrogens is 236 g/mol. The highest BCUT2D eigenvalue weighted by atomic mass is 16.5. The van der Waals surface area contributed by atoms with E-state index in [4.69, 9.17) is 4.74 Å². The van der Waals surface area contributed by atoms with Gasteiger partial charge in [-0.15, -0.1) is 0 Å². The first-order chi connectivity index (χ1) is 9.16. The summed E-state index contributed by atoms with van der Waals surface area (Å²) < 4.78 is 5.23. The normalized spacial score (nSPS) is 15.8. The molecular formula is C17H16O2. The average Bonchev–Trinajstić information content (AvgIpc) is 2.70. The predicted octanol–water partition coefficient (Wildman–Crippen LogP) is 3.67. The maximum absolute atomic E-state index is 11.1. The fourth-order valence-corrected chi connectivity index (χ4v) is 2.80. The molecule has 2 heteroatoms. The van der Waals surface area contributed by atoms with E-state index in [0.29, 0.717) is 6.61 Å². The Hall–Kier alpha value is -2.09. The van der Waals surface area contributed by atoms with Crippen molar-refractivity contribution in [2.24, 2.45) is 0 Å². The Bertz CT molecular complexity index is 643. The lowest BCUT2D eigenvalue weighted by Gasteiger charge is -2.13. The molecule has 19 heavy (non-hydrogen) atoms. The molecule has 0 fully saturated rings. The van der Waals surface area contributed by atoms with Gasteiger partial charge in [0.15, 0.2) is 0 Å². The lowest BCUT2D eigenvalue weighted by Crippen LogP contribution is -2.09. The van der Waals surface area contributed by atoms with Crippen LogP contribution >= 0.6 is 0 Å². The van der Waals surface area contributed by atoms with Gasteiger partial charge in [0.25, 0.3) is 0 Å². The minimum Gasteiger partial charge on any atom is -0.465 e. The van der Waals surface area contributed by atoms with Crippen LogP contribution in [0.4, 0.5) is 0 Å². The van der Waals surface area contributed by atoms with E-state index >= 15 is 0 Å². The van der Waals surface area contributed by atoms with Crippen LogP contribution in [0.25, 0.3) is 11.1 Å². The third kappa shape index (κ3) is 2.03. The van der Waals surface area contributed by atoms with Crippen LogP contribution in [0.5, 0.6) is 0 Å². The van der Waals surface area contributed by atoms with Crippen molar-refractivity contribution in [3.63, 3.8) is 0 Å². The Balaban J connectivity index is 2.09. The second-order valence-corrected chi connectivity index (χ2v) is 5.03. The summed E-state index contributed by atoms with van der Waals surface area (Å²) >= 11 is 0. The van der Waals surface area contributed by atoms with Crippen molar-refractivity contribution in [1.29, 1.82) is 0 Å². The van der Waals surface area contributed by atoms with Crippen molar-refractivity contribution in [3.05, 3.63) is 59.2 Å². The van der Waals surface area contributed by atoms with Crippen LogP contribution in [-0.2, 0) is 9.53 Å². The molecule has 2 aromatic carbocycles. The molecule has 0 heterocycles. The monoisotopic (exact) mass is 252 g/mol. The van der Waals surface area contributed by atoms with Gasteiger partial charge < -0.3 is 4.74 Å². The van der Waals surface area contributed by atoms with Crippen molar-refractivity contribution in [2.45, 2.75) is 19.8 Å². The lowest BCUT2D eigenvalue weighted by atomic mass is 9.97. The molecule has 2 nitrogen and oxygen atoms in total. The highest BCUT2D eigenvalue weighted by Crippen LogP contribution is 2.44. The molecule has 1 atom stereocenters. The molecule has 0 aliphatic heterocycles. The fraction of sp³-hybridized carbons (Fsp3) is 0.235. The molecule has 0 aromatic heterocycles.